The van der Waals surface area contributed by atoms with Crippen molar-refractivity contribution in [3.8, 4) is 0 Å². The van der Waals surface area contributed by atoms with Gasteiger partial charge in [0.05, 0.1) is 18.2 Å². The molecule has 0 N–H and O–H groups in total. The third-order valence-electron chi connectivity index (χ3n) is 3.97. The second-order valence-electron chi connectivity index (χ2n) is 5.40. The van der Waals surface area contributed by atoms with Gasteiger partial charge in [-0.3, -0.25) is 14.4 Å². The number of piperidine rings is 1. The number of ether oxygens (including phenoxy) is 1. The molecule has 112 valence electrons. The maximum Gasteiger partial charge on any atom is 0.309 e. The van der Waals surface area contributed by atoms with Crippen LogP contribution in [0.25, 0.3) is 0 Å². The molecule has 0 bridgehead atoms. The number of carbonyl (C=O) groups excluding carboxylic acids is 1. The lowest BCUT2D eigenvalue weighted by atomic mass is 9.97. The molecule has 1 saturated heterocycles. The normalized spacial score (nSPS) is 17.4. The van der Waals surface area contributed by atoms with Crippen LogP contribution >= 0.6 is 0 Å². The zero-order chi connectivity index (χ0) is 14.5. The molecule has 0 spiro atoms. The average molecular weight is 279 g/mol. The van der Waals surface area contributed by atoms with Crippen LogP contribution in [0.5, 0.6) is 0 Å². The molecule has 0 saturated carbocycles. The van der Waals surface area contributed by atoms with E-state index in [-0.39, 0.29) is 11.9 Å². The predicted octanol–water partition coefficient (Wildman–Crippen LogP) is 1.99. The van der Waals surface area contributed by atoms with Crippen molar-refractivity contribution in [2.45, 2.75) is 46.7 Å². The van der Waals surface area contributed by atoms with Gasteiger partial charge in [-0.15, -0.1) is 0 Å². The molecule has 0 unspecified atom stereocenters. The minimum absolute atomic E-state index is 0.0258. The average Bonchev–Trinajstić information content (AvgIpc) is 2.80. The number of aromatic nitrogens is 2. The van der Waals surface area contributed by atoms with Crippen molar-refractivity contribution in [3.63, 3.8) is 0 Å². The summed E-state index contributed by atoms with van der Waals surface area (Å²) < 4.78 is 7.08. The summed E-state index contributed by atoms with van der Waals surface area (Å²) in [7, 11) is 0. The first kappa shape index (κ1) is 15.0. The first-order valence-electron chi connectivity index (χ1n) is 7.56. The molecule has 0 atom stereocenters. The molecule has 5 nitrogen and oxygen atoms in total. The molecule has 1 aliphatic heterocycles. The zero-order valence-electron chi connectivity index (χ0n) is 12.8. The second kappa shape index (κ2) is 6.88. The Labute approximate surface area is 120 Å². The number of aryl methyl sites for hydroxylation is 2. The Kier molecular flexibility index (Phi) is 5.17. The lowest BCUT2D eigenvalue weighted by Gasteiger charge is -2.30. The van der Waals surface area contributed by atoms with Gasteiger partial charge >= 0.3 is 5.97 Å². The van der Waals surface area contributed by atoms with E-state index >= 15 is 0 Å². The van der Waals surface area contributed by atoms with Gasteiger partial charge in [0.25, 0.3) is 0 Å². The molecule has 2 heterocycles. The van der Waals surface area contributed by atoms with Gasteiger partial charge in [0.2, 0.25) is 0 Å². The molecule has 5 heteroatoms. The van der Waals surface area contributed by atoms with Crippen LogP contribution < -0.4 is 0 Å². The summed E-state index contributed by atoms with van der Waals surface area (Å²) in [5, 5.41) is 4.48. The fourth-order valence-electron chi connectivity index (χ4n) is 2.70. The van der Waals surface area contributed by atoms with E-state index in [1.54, 1.807) is 0 Å². The third kappa shape index (κ3) is 3.60. The minimum Gasteiger partial charge on any atom is -0.466 e. The van der Waals surface area contributed by atoms with E-state index in [1.165, 1.54) is 5.56 Å². The van der Waals surface area contributed by atoms with E-state index in [2.05, 4.69) is 30.0 Å². The zero-order valence-corrected chi connectivity index (χ0v) is 12.8. The lowest BCUT2D eigenvalue weighted by molar-refractivity contribution is -0.149. The first-order valence-corrected chi connectivity index (χ1v) is 7.56. The van der Waals surface area contributed by atoms with Crippen molar-refractivity contribution in [1.29, 1.82) is 0 Å². The number of nitrogens with zero attached hydrogens (tertiary/aromatic N) is 3. The number of hydrogen-bond donors (Lipinski definition) is 0. The molecule has 0 radical (unpaired) electrons. The molecule has 20 heavy (non-hydrogen) atoms. The number of carbonyl (C=O) groups is 1. The second-order valence-corrected chi connectivity index (χ2v) is 5.40. The van der Waals surface area contributed by atoms with Gasteiger partial charge < -0.3 is 4.74 Å². The monoisotopic (exact) mass is 279 g/mol. The standard InChI is InChI=1S/C15H25N3O2/c1-4-18-11-14(12(3)16-18)10-17-8-6-13(7-9-17)15(19)20-5-2/h11,13H,4-10H2,1-3H3. The van der Waals surface area contributed by atoms with Crippen molar-refractivity contribution >= 4 is 5.97 Å². The summed E-state index contributed by atoms with van der Waals surface area (Å²) in [6.07, 6.45) is 3.94. The van der Waals surface area contributed by atoms with Crippen LogP contribution in [0, 0.1) is 12.8 Å². The first-order chi connectivity index (χ1) is 9.63. The van der Waals surface area contributed by atoms with Gasteiger partial charge in [-0.05, 0) is 46.7 Å². The van der Waals surface area contributed by atoms with Crippen LogP contribution in [0.4, 0.5) is 0 Å². The van der Waals surface area contributed by atoms with Crippen LogP contribution in [0.3, 0.4) is 0 Å². The molecule has 1 aliphatic rings. The Balaban J connectivity index is 1.85. The maximum atomic E-state index is 11.7. The van der Waals surface area contributed by atoms with Gasteiger partial charge in [-0.1, -0.05) is 0 Å². The Morgan fingerprint density at radius 1 is 1.40 bits per heavy atom. The third-order valence-corrected chi connectivity index (χ3v) is 3.97. The van der Waals surface area contributed by atoms with Crippen molar-refractivity contribution in [2.24, 2.45) is 5.92 Å². The van der Waals surface area contributed by atoms with Crippen LogP contribution in [0.2, 0.25) is 0 Å². The lowest BCUT2D eigenvalue weighted by Crippen LogP contribution is -2.36. The van der Waals surface area contributed by atoms with Gasteiger partial charge in [-0.25, -0.2) is 0 Å². The Bertz CT molecular complexity index is 448. The van der Waals surface area contributed by atoms with Crippen molar-refractivity contribution in [1.82, 2.24) is 14.7 Å². The fraction of sp³-hybridized carbons (Fsp3) is 0.733. The quantitative estimate of drug-likeness (QED) is 0.773. The van der Waals surface area contributed by atoms with Crippen LogP contribution in [-0.2, 0) is 22.6 Å². The Morgan fingerprint density at radius 3 is 2.65 bits per heavy atom. The molecular weight excluding hydrogens is 254 g/mol. The molecule has 0 aliphatic carbocycles. The van der Waals surface area contributed by atoms with Gasteiger partial charge in [0.1, 0.15) is 0 Å². The van der Waals surface area contributed by atoms with E-state index in [0.717, 1.165) is 44.7 Å². The number of rotatable bonds is 5. The topological polar surface area (TPSA) is 47.4 Å². The minimum atomic E-state index is -0.0258. The molecular formula is C15H25N3O2. The smallest absolute Gasteiger partial charge is 0.309 e. The summed E-state index contributed by atoms with van der Waals surface area (Å²) in [5.74, 6) is 0.0628. The van der Waals surface area contributed by atoms with Gasteiger partial charge in [0.15, 0.2) is 0 Å². The van der Waals surface area contributed by atoms with Crippen LogP contribution in [-0.4, -0.2) is 40.3 Å². The number of likely N-dealkylation sites (tertiary alicyclic amines) is 1. The summed E-state index contributed by atoms with van der Waals surface area (Å²) in [5.41, 5.74) is 2.40. The van der Waals surface area contributed by atoms with Gasteiger partial charge in [0, 0.05) is 24.8 Å². The largest absolute Gasteiger partial charge is 0.466 e. The Morgan fingerprint density at radius 2 is 2.10 bits per heavy atom. The molecule has 1 fully saturated rings. The highest BCUT2D eigenvalue weighted by Gasteiger charge is 2.26. The van der Waals surface area contributed by atoms with E-state index in [9.17, 15) is 4.79 Å². The van der Waals surface area contributed by atoms with Gasteiger partial charge in [-0.2, -0.15) is 5.10 Å². The SMILES string of the molecule is CCOC(=O)C1CCN(Cc2cn(CC)nc2C)CC1. The maximum absolute atomic E-state index is 11.7. The molecule has 2 rings (SSSR count). The summed E-state index contributed by atoms with van der Waals surface area (Å²) >= 11 is 0. The highest BCUT2D eigenvalue weighted by molar-refractivity contribution is 5.72. The predicted molar refractivity (Wildman–Crippen MR) is 77.3 cm³/mol. The summed E-state index contributed by atoms with van der Waals surface area (Å²) in [6, 6.07) is 0. The molecule has 0 aromatic carbocycles. The highest BCUT2D eigenvalue weighted by Crippen LogP contribution is 2.21. The summed E-state index contributed by atoms with van der Waals surface area (Å²) in [6.45, 7) is 10.3. The van der Waals surface area contributed by atoms with Crippen molar-refractivity contribution < 1.29 is 9.53 Å². The number of hydrogen-bond acceptors (Lipinski definition) is 4. The molecule has 1 aromatic heterocycles. The highest BCUT2D eigenvalue weighted by atomic mass is 16.5. The van der Waals surface area contributed by atoms with Crippen molar-refractivity contribution in [3.05, 3.63) is 17.5 Å². The summed E-state index contributed by atoms with van der Waals surface area (Å²) in [4.78, 5) is 14.1. The van der Waals surface area contributed by atoms with Crippen LogP contribution in [0.15, 0.2) is 6.20 Å². The Hall–Kier alpha value is -1.36. The fourth-order valence-corrected chi connectivity index (χ4v) is 2.70. The van der Waals surface area contributed by atoms with E-state index in [0.29, 0.717) is 6.61 Å². The molecule has 0 amide bonds. The number of esters is 1. The van der Waals surface area contributed by atoms with E-state index in [1.807, 2.05) is 11.6 Å². The van der Waals surface area contributed by atoms with E-state index in [4.69, 9.17) is 4.74 Å². The van der Waals surface area contributed by atoms with E-state index < -0.39 is 0 Å². The van der Waals surface area contributed by atoms with Crippen molar-refractivity contribution in [2.75, 3.05) is 19.7 Å². The molecule has 1 aromatic rings. The van der Waals surface area contributed by atoms with Crippen LogP contribution in [0.1, 0.15) is 37.9 Å².